The zero-order valence-corrected chi connectivity index (χ0v) is 9.11. The summed E-state index contributed by atoms with van der Waals surface area (Å²) in [4.78, 5) is 1.82. The molecule has 1 aliphatic rings. The van der Waals surface area contributed by atoms with Crippen molar-refractivity contribution >= 4 is 10.0 Å². The van der Waals surface area contributed by atoms with Crippen LogP contribution in [0.4, 0.5) is 13.2 Å². The Bertz CT molecular complexity index is 312. The van der Waals surface area contributed by atoms with Crippen molar-refractivity contribution in [3.63, 3.8) is 0 Å². The van der Waals surface area contributed by atoms with Crippen molar-refractivity contribution in [2.45, 2.75) is 5.25 Å². The molecule has 1 saturated heterocycles. The number of likely N-dealkylation sites (N-methyl/N-ethyl adjacent to an activating group) is 1. The molecule has 4 nitrogen and oxygen atoms in total. The van der Waals surface area contributed by atoms with Crippen molar-refractivity contribution < 1.29 is 21.6 Å². The summed E-state index contributed by atoms with van der Waals surface area (Å²) < 4.78 is 60.7. The first-order valence-electron chi connectivity index (χ1n) is 4.43. The first kappa shape index (κ1) is 12.7. The molecule has 0 bridgehead atoms. The van der Waals surface area contributed by atoms with Crippen LogP contribution in [0.1, 0.15) is 0 Å². The van der Waals surface area contributed by atoms with Crippen LogP contribution in [0, 0.1) is 0 Å². The fraction of sp³-hybridized carbons (Fsp3) is 1.00. The van der Waals surface area contributed by atoms with E-state index in [1.165, 1.54) is 0 Å². The minimum Gasteiger partial charge on any atom is -0.304 e. The lowest BCUT2D eigenvalue weighted by Gasteiger charge is -2.33. The molecule has 0 aromatic heterocycles. The second kappa shape index (κ2) is 4.26. The molecular formula is C7H13F3N2O2S. The summed E-state index contributed by atoms with van der Waals surface area (Å²) in [5, 5.41) is -4.30. The number of alkyl halides is 3. The van der Waals surface area contributed by atoms with Crippen LogP contribution in [0.25, 0.3) is 0 Å². The smallest absolute Gasteiger partial charge is 0.304 e. The largest absolute Gasteiger partial charge is 0.386 e. The van der Waals surface area contributed by atoms with Crippen LogP contribution in [-0.2, 0) is 10.0 Å². The Morgan fingerprint density at radius 1 is 1.20 bits per heavy atom. The summed E-state index contributed by atoms with van der Waals surface area (Å²) in [6.07, 6.45) is 0. The second-order valence-electron chi connectivity index (χ2n) is 3.48. The maximum absolute atomic E-state index is 12.8. The Morgan fingerprint density at radius 3 is 2.07 bits per heavy atom. The van der Waals surface area contributed by atoms with Crippen molar-refractivity contribution in [3.8, 4) is 0 Å². The van der Waals surface area contributed by atoms with Crippen molar-refractivity contribution in [2.24, 2.45) is 0 Å². The molecular weight excluding hydrogens is 233 g/mol. The monoisotopic (exact) mass is 246 g/mol. The topological polar surface area (TPSA) is 40.6 Å². The van der Waals surface area contributed by atoms with Crippen molar-refractivity contribution in [2.75, 3.05) is 39.9 Å². The summed E-state index contributed by atoms with van der Waals surface area (Å²) in [7, 11) is -3.08. The predicted octanol–water partition coefficient (Wildman–Crippen LogP) is 0.126. The molecule has 0 aliphatic carbocycles. The summed E-state index contributed by atoms with van der Waals surface area (Å²) in [6.45, 7) is -1.46. The summed E-state index contributed by atoms with van der Waals surface area (Å²) in [6, 6.07) is 0. The number of sulfonamides is 1. The summed E-state index contributed by atoms with van der Waals surface area (Å²) >= 11 is 0. The van der Waals surface area contributed by atoms with E-state index >= 15 is 0 Å². The van der Waals surface area contributed by atoms with Gasteiger partial charge in [0, 0.05) is 26.2 Å². The van der Waals surface area contributed by atoms with Gasteiger partial charge in [-0.2, -0.15) is 13.1 Å². The van der Waals surface area contributed by atoms with E-state index in [2.05, 4.69) is 0 Å². The predicted molar refractivity (Wildman–Crippen MR) is 48.9 cm³/mol. The molecule has 0 saturated carbocycles. The van der Waals surface area contributed by atoms with E-state index in [9.17, 15) is 21.6 Å². The van der Waals surface area contributed by atoms with Gasteiger partial charge in [-0.15, -0.1) is 0 Å². The molecule has 0 radical (unpaired) electrons. The zero-order valence-electron chi connectivity index (χ0n) is 8.29. The molecule has 90 valence electrons. The Hall–Kier alpha value is -0.340. The maximum Gasteiger partial charge on any atom is 0.386 e. The number of hydrogen-bond acceptors (Lipinski definition) is 3. The van der Waals surface area contributed by atoms with Gasteiger partial charge in [0.05, 0.1) is 0 Å². The van der Waals surface area contributed by atoms with Gasteiger partial charge in [0.15, 0.2) is 6.67 Å². The minimum absolute atomic E-state index is 0.0194. The highest BCUT2D eigenvalue weighted by molar-refractivity contribution is 7.90. The lowest BCUT2D eigenvalue weighted by atomic mass is 10.4. The van der Waals surface area contributed by atoms with Crippen LogP contribution >= 0.6 is 0 Å². The van der Waals surface area contributed by atoms with Crippen LogP contribution in [0.5, 0.6) is 0 Å². The molecule has 1 aliphatic heterocycles. The lowest BCUT2D eigenvalue weighted by molar-refractivity contribution is 0.0522. The van der Waals surface area contributed by atoms with Gasteiger partial charge in [0.1, 0.15) is 0 Å². The van der Waals surface area contributed by atoms with E-state index in [1.807, 2.05) is 4.90 Å². The van der Waals surface area contributed by atoms with Crippen molar-refractivity contribution in [1.29, 1.82) is 0 Å². The number of hydrogen-bond donors (Lipinski definition) is 0. The number of piperazine rings is 1. The molecule has 8 heteroatoms. The molecule has 0 N–H and O–H groups in total. The molecule has 0 spiro atoms. The lowest BCUT2D eigenvalue weighted by Crippen LogP contribution is -2.52. The van der Waals surface area contributed by atoms with Gasteiger partial charge >= 0.3 is 5.25 Å². The highest BCUT2D eigenvalue weighted by atomic mass is 32.2. The molecule has 1 fully saturated rings. The van der Waals surface area contributed by atoms with Gasteiger partial charge in [0.2, 0.25) is 0 Å². The first-order chi connectivity index (χ1) is 6.81. The standard InChI is InChI=1S/C7H13F3N2O2S/c1-11-2-4-12(5-3-11)15(13,14)7(9,10)6-8/h2-6H2,1H3. The quantitative estimate of drug-likeness (QED) is 0.710. The molecule has 0 aromatic rings. The van der Waals surface area contributed by atoms with Gasteiger partial charge in [-0.25, -0.2) is 12.8 Å². The van der Waals surface area contributed by atoms with Crippen LogP contribution in [0.15, 0.2) is 0 Å². The Labute approximate surface area is 86.7 Å². The van der Waals surface area contributed by atoms with Gasteiger partial charge in [-0.05, 0) is 7.05 Å². The van der Waals surface area contributed by atoms with Crippen LogP contribution < -0.4 is 0 Å². The third-order valence-electron chi connectivity index (χ3n) is 2.34. The van der Waals surface area contributed by atoms with Crippen LogP contribution in [0.3, 0.4) is 0 Å². The fourth-order valence-corrected chi connectivity index (χ4v) is 2.45. The highest BCUT2D eigenvalue weighted by Gasteiger charge is 2.49. The number of rotatable bonds is 3. The molecule has 0 aromatic carbocycles. The first-order valence-corrected chi connectivity index (χ1v) is 5.87. The Kier molecular flexibility index (Phi) is 3.62. The van der Waals surface area contributed by atoms with Gasteiger partial charge < -0.3 is 4.90 Å². The highest BCUT2D eigenvalue weighted by Crippen LogP contribution is 2.26. The average molecular weight is 246 g/mol. The van der Waals surface area contributed by atoms with Gasteiger partial charge in [-0.3, -0.25) is 0 Å². The Balaban J connectivity index is 2.79. The molecule has 0 amide bonds. The van der Waals surface area contributed by atoms with Gasteiger partial charge in [0.25, 0.3) is 10.0 Å². The zero-order chi connectivity index (χ0) is 11.7. The van der Waals surface area contributed by atoms with Gasteiger partial charge in [-0.1, -0.05) is 0 Å². The second-order valence-corrected chi connectivity index (χ2v) is 5.54. The maximum atomic E-state index is 12.8. The van der Waals surface area contributed by atoms with E-state index in [-0.39, 0.29) is 13.1 Å². The van der Waals surface area contributed by atoms with E-state index in [0.29, 0.717) is 17.4 Å². The van der Waals surface area contributed by atoms with E-state index < -0.39 is 22.0 Å². The van der Waals surface area contributed by atoms with Crippen LogP contribution in [-0.4, -0.2) is 62.8 Å². The minimum atomic E-state index is -4.84. The van der Waals surface area contributed by atoms with Crippen molar-refractivity contribution in [3.05, 3.63) is 0 Å². The number of nitrogens with zero attached hydrogens (tertiary/aromatic N) is 2. The molecule has 1 rings (SSSR count). The molecule has 1 heterocycles. The summed E-state index contributed by atoms with van der Waals surface area (Å²) in [5.74, 6) is 0. The molecule has 15 heavy (non-hydrogen) atoms. The average Bonchev–Trinajstić information content (AvgIpc) is 2.18. The third kappa shape index (κ3) is 2.43. The molecule has 0 atom stereocenters. The Morgan fingerprint density at radius 2 is 1.67 bits per heavy atom. The van der Waals surface area contributed by atoms with E-state index in [1.54, 1.807) is 7.05 Å². The fourth-order valence-electron chi connectivity index (χ4n) is 1.29. The third-order valence-corrected chi connectivity index (χ3v) is 4.24. The normalized spacial score (nSPS) is 21.9. The number of halogens is 3. The van der Waals surface area contributed by atoms with E-state index in [0.717, 1.165) is 0 Å². The van der Waals surface area contributed by atoms with Crippen LogP contribution in [0.2, 0.25) is 0 Å². The van der Waals surface area contributed by atoms with Crippen molar-refractivity contribution in [1.82, 2.24) is 9.21 Å². The SMILES string of the molecule is CN1CCN(S(=O)(=O)C(F)(F)CF)CC1. The van der Waals surface area contributed by atoms with E-state index in [4.69, 9.17) is 0 Å². The molecule has 0 unspecified atom stereocenters. The summed E-state index contributed by atoms with van der Waals surface area (Å²) in [5.41, 5.74) is 0.